The maximum Gasteiger partial charge on any atom is 0.318 e. The van der Waals surface area contributed by atoms with E-state index in [1.165, 1.54) is 12.1 Å². The van der Waals surface area contributed by atoms with Gasteiger partial charge < -0.3 is 10.1 Å². The Morgan fingerprint density at radius 3 is 2.65 bits per heavy atom. The predicted octanol–water partition coefficient (Wildman–Crippen LogP) is 3.09. The summed E-state index contributed by atoms with van der Waals surface area (Å²) in [5, 5.41) is 2.59. The minimum absolute atomic E-state index is 0.00877. The van der Waals surface area contributed by atoms with Crippen molar-refractivity contribution in [3.63, 3.8) is 0 Å². The van der Waals surface area contributed by atoms with Crippen LogP contribution in [0.15, 0.2) is 30.5 Å². The maximum absolute atomic E-state index is 13.4. The van der Waals surface area contributed by atoms with Crippen LogP contribution in [0.5, 0.6) is 6.01 Å². The highest BCUT2D eigenvalue weighted by Gasteiger charge is 2.08. The molecule has 4 nitrogen and oxygen atoms in total. The number of nitrogens with zero attached hydrogens (tertiary/aromatic N) is 2. The van der Waals surface area contributed by atoms with Crippen LogP contribution in [-0.2, 0) is 6.61 Å². The lowest BCUT2D eigenvalue weighted by molar-refractivity contribution is 0.280. The summed E-state index contributed by atoms with van der Waals surface area (Å²) >= 11 is 4.82. The van der Waals surface area contributed by atoms with Crippen LogP contribution in [0.25, 0.3) is 0 Å². The quantitative estimate of drug-likeness (QED) is 0.878. The molecule has 1 aromatic heterocycles. The first-order valence-corrected chi connectivity index (χ1v) is 6.13. The van der Waals surface area contributed by atoms with E-state index in [1.807, 2.05) is 0 Å². The molecule has 0 saturated carbocycles. The molecule has 1 aromatic carbocycles. The summed E-state index contributed by atoms with van der Waals surface area (Å²) < 4.78 is 31.4. The van der Waals surface area contributed by atoms with E-state index in [4.69, 9.17) is 17.0 Å². The number of aromatic nitrogens is 2. The highest BCUT2D eigenvalue weighted by atomic mass is 32.1. The molecule has 0 aliphatic rings. The van der Waals surface area contributed by atoms with Gasteiger partial charge in [-0.1, -0.05) is 24.4 Å². The Morgan fingerprint density at radius 1 is 1.30 bits per heavy atom. The van der Waals surface area contributed by atoms with E-state index in [2.05, 4.69) is 15.3 Å². The van der Waals surface area contributed by atoms with Gasteiger partial charge in [0.25, 0.3) is 0 Å². The molecule has 0 spiro atoms. The highest BCUT2D eigenvalue weighted by molar-refractivity contribution is 7.80. The topological polar surface area (TPSA) is 47.0 Å². The largest absolute Gasteiger partial charge is 0.459 e. The summed E-state index contributed by atoms with van der Waals surface area (Å²) in [5.41, 5.74) is 0.750. The first-order valence-electron chi connectivity index (χ1n) is 5.72. The zero-order valence-electron chi connectivity index (χ0n) is 10.6. The van der Waals surface area contributed by atoms with Crippen LogP contribution in [0.4, 0.5) is 14.6 Å². The van der Waals surface area contributed by atoms with Gasteiger partial charge in [-0.3, -0.25) is 0 Å². The number of anilines is 1. The molecule has 0 aliphatic heterocycles. The number of hydrogen-bond acceptors (Lipinski definition) is 4. The molecule has 0 saturated heterocycles. The molecule has 0 atom stereocenters. The molecule has 7 heteroatoms. The van der Waals surface area contributed by atoms with Gasteiger partial charge in [-0.25, -0.2) is 13.8 Å². The number of rotatable bonds is 4. The normalized spacial score (nSPS) is 10.2. The summed E-state index contributed by atoms with van der Waals surface area (Å²) in [6.45, 7) is 1.76. The lowest BCUT2D eigenvalue weighted by Gasteiger charge is -2.07. The van der Waals surface area contributed by atoms with E-state index in [9.17, 15) is 8.78 Å². The highest BCUT2D eigenvalue weighted by Crippen LogP contribution is 2.14. The summed E-state index contributed by atoms with van der Waals surface area (Å²) in [4.78, 5) is 7.96. The predicted molar refractivity (Wildman–Crippen MR) is 74.6 cm³/mol. The van der Waals surface area contributed by atoms with Crippen LogP contribution in [0.3, 0.4) is 0 Å². The molecular weight excluding hydrogens is 284 g/mol. The minimum atomic E-state index is -0.622. The fourth-order valence-electron chi connectivity index (χ4n) is 1.40. The SMILES string of the molecule is CC(=S)Nc1nc(OCc2ccc(F)cc2)ncc1F. The molecule has 2 aromatic rings. The van der Waals surface area contributed by atoms with E-state index in [0.717, 1.165) is 11.8 Å². The third-order valence-electron chi connectivity index (χ3n) is 2.30. The zero-order chi connectivity index (χ0) is 14.5. The van der Waals surface area contributed by atoms with Gasteiger partial charge >= 0.3 is 6.01 Å². The molecule has 2 rings (SSSR count). The first kappa shape index (κ1) is 14.3. The van der Waals surface area contributed by atoms with Gasteiger partial charge in [0.15, 0.2) is 11.6 Å². The van der Waals surface area contributed by atoms with Gasteiger partial charge in [0.1, 0.15) is 12.4 Å². The van der Waals surface area contributed by atoms with Crippen LogP contribution in [0, 0.1) is 11.6 Å². The molecule has 104 valence electrons. The Kier molecular flexibility index (Phi) is 4.52. The maximum atomic E-state index is 13.4. The molecule has 0 fully saturated rings. The van der Waals surface area contributed by atoms with E-state index in [0.29, 0.717) is 4.99 Å². The van der Waals surface area contributed by atoms with E-state index in [-0.39, 0.29) is 24.3 Å². The number of halogens is 2. The fourth-order valence-corrected chi connectivity index (χ4v) is 1.50. The second kappa shape index (κ2) is 6.33. The first-order chi connectivity index (χ1) is 9.54. The molecular formula is C13H11F2N3OS. The molecule has 0 unspecified atom stereocenters. The molecule has 0 aliphatic carbocycles. The van der Waals surface area contributed by atoms with E-state index in [1.54, 1.807) is 19.1 Å². The van der Waals surface area contributed by atoms with Crippen LogP contribution in [0.1, 0.15) is 12.5 Å². The van der Waals surface area contributed by atoms with Crippen LogP contribution < -0.4 is 10.1 Å². The monoisotopic (exact) mass is 295 g/mol. The van der Waals surface area contributed by atoms with Gasteiger partial charge in [-0.2, -0.15) is 4.98 Å². The van der Waals surface area contributed by atoms with Crippen molar-refractivity contribution < 1.29 is 13.5 Å². The Labute approximate surface area is 119 Å². The average molecular weight is 295 g/mol. The van der Waals surface area contributed by atoms with Crippen molar-refractivity contribution in [3.8, 4) is 6.01 Å². The fraction of sp³-hybridized carbons (Fsp3) is 0.154. The Morgan fingerprint density at radius 2 is 2.00 bits per heavy atom. The van der Waals surface area contributed by atoms with Crippen LogP contribution >= 0.6 is 12.2 Å². The lowest BCUT2D eigenvalue weighted by Crippen LogP contribution is -2.09. The van der Waals surface area contributed by atoms with Crippen molar-refractivity contribution in [2.75, 3.05) is 5.32 Å². The van der Waals surface area contributed by atoms with E-state index < -0.39 is 5.82 Å². The van der Waals surface area contributed by atoms with Crippen molar-refractivity contribution >= 4 is 23.0 Å². The number of nitrogens with one attached hydrogen (secondary N) is 1. The third kappa shape index (κ3) is 3.92. The number of thiocarbonyl (C=S) groups is 1. The molecule has 1 N–H and O–H groups in total. The van der Waals surface area contributed by atoms with Crippen molar-refractivity contribution in [2.24, 2.45) is 0 Å². The van der Waals surface area contributed by atoms with Crippen LogP contribution in [-0.4, -0.2) is 15.0 Å². The second-order valence-corrected chi connectivity index (χ2v) is 4.56. The standard InChI is InChI=1S/C13H11F2N3OS/c1-8(20)17-12-11(15)6-16-13(18-12)19-7-9-2-4-10(14)5-3-9/h2-6H,7H2,1H3,(H,16,17,18,20). The number of hydrogen-bond donors (Lipinski definition) is 1. The molecule has 0 radical (unpaired) electrons. The minimum Gasteiger partial charge on any atom is -0.459 e. The van der Waals surface area contributed by atoms with Gasteiger partial charge in [0, 0.05) is 0 Å². The van der Waals surface area contributed by atoms with Gasteiger partial charge in [-0.05, 0) is 24.6 Å². The van der Waals surface area contributed by atoms with Crippen molar-refractivity contribution in [3.05, 3.63) is 47.7 Å². The van der Waals surface area contributed by atoms with Gasteiger partial charge in [-0.15, -0.1) is 0 Å². The average Bonchev–Trinajstić information content (AvgIpc) is 2.41. The molecule has 20 heavy (non-hydrogen) atoms. The van der Waals surface area contributed by atoms with Gasteiger partial charge in [0.2, 0.25) is 0 Å². The molecule has 0 amide bonds. The zero-order valence-corrected chi connectivity index (χ0v) is 11.4. The summed E-state index contributed by atoms with van der Waals surface area (Å²) in [7, 11) is 0. The summed E-state index contributed by atoms with van der Waals surface area (Å²) in [6, 6.07) is 5.83. The van der Waals surface area contributed by atoms with Crippen molar-refractivity contribution in [1.29, 1.82) is 0 Å². The Hall–Kier alpha value is -2.15. The summed E-state index contributed by atoms with van der Waals surface area (Å²) in [5.74, 6) is -0.986. The smallest absolute Gasteiger partial charge is 0.318 e. The Balaban J connectivity index is 2.06. The lowest BCUT2D eigenvalue weighted by atomic mass is 10.2. The third-order valence-corrected chi connectivity index (χ3v) is 2.40. The molecule has 1 heterocycles. The van der Waals surface area contributed by atoms with E-state index >= 15 is 0 Å². The van der Waals surface area contributed by atoms with Gasteiger partial charge in [0.05, 0.1) is 11.2 Å². The van der Waals surface area contributed by atoms with Crippen LogP contribution in [0.2, 0.25) is 0 Å². The Bertz CT molecular complexity index is 620. The number of benzene rings is 1. The second-order valence-electron chi connectivity index (χ2n) is 3.95. The summed E-state index contributed by atoms with van der Waals surface area (Å²) in [6.07, 6.45) is 0.994. The number of ether oxygens (including phenoxy) is 1. The molecule has 0 bridgehead atoms. The van der Waals surface area contributed by atoms with Crippen molar-refractivity contribution in [1.82, 2.24) is 9.97 Å². The van der Waals surface area contributed by atoms with Crippen molar-refractivity contribution in [2.45, 2.75) is 13.5 Å².